The molecular weight excluding hydrogens is 422 g/mol. The Kier molecular flexibility index (Phi) is 6.28. The molecule has 0 unspecified atom stereocenters. The van der Waals surface area contributed by atoms with Crippen LogP contribution in [0.15, 0.2) is 104 Å². The van der Waals surface area contributed by atoms with Crippen molar-refractivity contribution in [2.75, 3.05) is 19.6 Å². The van der Waals surface area contributed by atoms with Crippen molar-refractivity contribution in [2.45, 2.75) is 18.4 Å². The maximum atomic E-state index is 11.4. The quantitative estimate of drug-likeness (QED) is 0.396. The third-order valence-electron chi connectivity index (χ3n) is 6.96. The van der Waals surface area contributed by atoms with Gasteiger partial charge in [0.1, 0.15) is 5.54 Å². The van der Waals surface area contributed by atoms with Crippen LogP contribution in [0.3, 0.4) is 0 Å². The molecule has 4 aromatic rings. The molecule has 0 aliphatic carbocycles. The maximum Gasteiger partial charge on any atom is 0.307 e. The minimum absolute atomic E-state index is 0.262. The van der Waals surface area contributed by atoms with Gasteiger partial charge in [0.25, 0.3) is 0 Å². The van der Waals surface area contributed by atoms with Crippen molar-refractivity contribution < 1.29 is 9.90 Å². The molecule has 0 radical (unpaired) electrons. The van der Waals surface area contributed by atoms with Gasteiger partial charge in [-0.15, -0.1) is 0 Å². The fraction of sp³-hybridized carbons (Fsp3) is 0.241. The maximum absolute atomic E-state index is 11.4. The van der Waals surface area contributed by atoms with E-state index in [0.29, 0.717) is 6.54 Å². The van der Waals surface area contributed by atoms with Crippen LogP contribution in [0.2, 0.25) is 0 Å². The van der Waals surface area contributed by atoms with Gasteiger partial charge in [-0.3, -0.25) is 4.79 Å². The first-order valence-corrected chi connectivity index (χ1v) is 11.8. The number of rotatable bonds is 8. The lowest BCUT2D eigenvalue weighted by molar-refractivity contribution is -0.141. The van der Waals surface area contributed by atoms with E-state index in [9.17, 15) is 9.90 Å². The van der Waals surface area contributed by atoms with Crippen LogP contribution < -0.4 is 0 Å². The van der Waals surface area contributed by atoms with Gasteiger partial charge < -0.3 is 14.6 Å². The molecule has 5 rings (SSSR count). The summed E-state index contributed by atoms with van der Waals surface area (Å²) >= 11 is 0. The number of likely N-dealkylation sites (tertiary alicyclic amines) is 1. The summed E-state index contributed by atoms with van der Waals surface area (Å²) in [5.41, 5.74) is 4.04. The van der Waals surface area contributed by atoms with Crippen LogP contribution in [0.5, 0.6) is 0 Å². The van der Waals surface area contributed by atoms with Gasteiger partial charge in [-0.1, -0.05) is 91.0 Å². The topological polar surface area (TPSA) is 58.4 Å². The molecule has 1 saturated heterocycles. The Bertz CT molecular complexity index is 1130. The highest BCUT2D eigenvalue weighted by molar-refractivity contribution is 5.70. The van der Waals surface area contributed by atoms with Gasteiger partial charge in [-0.05, 0) is 29.7 Å². The molecule has 5 nitrogen and oxygen atoms in total. The summed E-state index contributed by atoms with van der Waals surface area (Å²) in [6.45, 7) is 2.25. The van der Waals surface area contributed by atoms with Crippen LogP contribution in [0, 0.1) is 5.92 Å². The van der Waals surface area contributed by atoms with Crippen molar-refractivity contribution in [3.8, 4) is 0 Å². The molecule has 1 atom stereocenters. The average molecular weight is 452 g/mol. The fourth-order valence-electron chi connectivity index (χ4n) is 5.27. The van der Waals surface area contributed by atoms with E-state index in [2.05, 4.69) is 87.2 Å². The number of carboxylic acids is 1. The number of aliphatic carboxylic acids is 1. The molecule has 1 aliphatic rings. The Hall–Kier alpha value is -3.70. The first-order valence-electron chi connectivity index (χ1n) is 11.8. The van der Waals surface area contributed by atoms with Gasteiger partial charge in [0.05, 0.1) is 12.2 Å². The predicted molar refractivity (Wildman–Crippen MR) is 133 cm³/mol. The number of nitrogens with zero attached hydrogens (tertiary/aromatic N) is 3. The Labute approximate surface area is 200 Å². The average Bonchev–Trinajstić information content (AvgIpc) is 3.56. The number of imidazole rings is 1. The van der Waals surface area contributed by atoms with Crippen LogP contribution >= 0.6 is 0 Å². The number of benzene rings is 3. The van der Waals surface area contributed by atoms with Gasteiger partial charge in [0.2, 0.25) is 0 Å². The molecule has 172 valence electrons. The Morgan fingerprint density at radius 2 is 1.41 bits per heavy atom. The SMILES string of the molecule is O=C(O)[C@@H]1CCN(CCc2cncn2C(c2ccccc2)(c2ccccc2)c2ccccc2)C1. The van der Waals surface area contributed by atoms with E-state index >= 15 is 0 Å². The van der Waals surface area contributed by atoms with Gasteiger partial charge in [0, 0.05) is 31.4 Å². The molecule has 0 spiro atoms. The second-order valence-corrected chi connectivity index (χ2v) is 8.94. The summed E-state index contributed by atoms with van der Waals surface area (Å²) in [4.78, 5) is 18.3. The zero-order valence-corrected chi connectivity index (χ0v) is 19.1. The molecule has 0 saturated carbocycles. The Morgan fingerprint density at radius 3 is 1.88 bits per heavy atom. The van der Waals surface area contributed by atoms with Crippen molar-refractivity contribution >= 4 is 5.97 Å². The lowest BCUT2D eigenvalue weighted by Crippen LogP contribution is -2.39. The molecule has 1 fully saturated rings. The van der Waals surface area contributed by atoms with Gasteiger partial charge in [0.15, 0.2) is 0 Å². The predicted octanol–water partition coefficient (Wildman–Crippen LogP) is 4.67. The van der Waals surface area contributed by atoms with Crippen LogP contribution in [0.1, 0.15) is 28.8 Å². The van der Waals surface area contributed by atoms with E-state index in [4.69, 9.17) is 0 Å². The van der Waals surface area contributed by atoms with Crippen molar-refractivity contribution in [3.05, 3.63) is 126 Å². The first-order chi connectivity index (χ1) is 16.7. The lowest BCUT2D eigenvalue weighted by atomic mass is 9.76. The second-order valence-electron chi connectivity index (χ2n) is 8.94. The summed E-state index contributed by atoms with van der Waals surface area (Å²) < 4.78 is 2.30. The Morgan fingerprint density at radius 1 is 0.882 bits per heavy atom. The van der Waals surface area contributed by atoms with E-state index in [-0.39, 0.29) is 5.92 Å². The van der Waals surface area contributed by atoms with Gasteiger partial charge >= 0.3 is 5.97 Å². The van der Waals surface area contributed by atoms with Crippen molar-refractivity contribution in [2.24, 2.45) is 5.92 Å². The summed E-state index contributed by atoms with van der Waals surface area (Å²) in [7, 11) is 0. The van der Waals surface area contributed by atoms with Crippen molar-refractivity contribution in [1.29, 1.82) is 0 Å². The zero-order valence-electron chi connectivity index (χ0n) is 19.1. The number of hydrogen-bond acceptors (Lipinski definition) is 3. The minimum atomic E-state index is -0.691. The van der Waals surface area contributed by atoms with Gasteiger partial charge in [-0.2, -0.15) is 0 Å². The molecule has 1 aliphatic heterocycles. The van der Waals surface area contributed by atoms with E-state index in [1.165, 1.54) is 16.7 Å². The molecule has 0 bridgehead atoms. The molecule has 3 aromatic carbocycles. The Balaban J connectivity index is 1.61. The van der Waals surface area contributed by atoms with Crippen LogP contribution in [-0.4, -0.2) is 45.2 Å². The summed E-state index contributed by atoms with van der Waals surface area (Å²) in [6.07, 6.45) is 5.40. The normalized spacial score (nSPS) is 16.5. The third kappa shape index (κ3) is 4.03. The first kappa shape index (κ1) is 22.1. The molecule has 5 heteroatoms. The molecule has 2 heterocycles. The highest BCUT2D eigenvalue weighted by atomic mass is 16.4. The van der Waals surface area contributed by atoms with Crippen molar-refractivity contribution in [3.63, 3.8) is 0 Å². The van der Waals surface area contributed by atoms with Gasteiger partial charge in [-0.25, -0.2) is 4.98 Å². The fourth-order valence-corrected chi connectivity index (χ4v) is 5.27. The third-order valence-corrected chi connectivity index (χ3v) is 6.96. The van der Waals surface area contributed by atoms with E-state index in [0.717, 1.165) is 31.6 Å². The number of carboxylic acid groups (broad SMARTS) is 1. The van der Waals surface area contributed by atoms with Crippen LogP contribution in [0.25, 0.3) is 0 Å². The standard InChI is InChI=1S/C29H29N3O2/c33-28(34)23-16-18-31(21-23)19-17-27-20-30-22-32(27)29(24-10-4-1-5-11-24,25-12-6-2-7-13-25)26-14-8-3-9-15-26/h1-15,20,22-23H,16-19,21H2,(H,33,34)/t23-/m1/s1. The van der Waals surface area contributed by atoms with Crippen LogP contribution in [0.4, 0.5) is 0 Å². The number of aromatic nitrogens is 2. The number of hydrogen-bond donors (Lipinski definition) is 1. The summed E-state index contributed by atoms with van der Waals surface area (Å²) in [5, 5.41) is 9.37. The van der Waals surface area contributed by atoms with E-state index in [1.807, 2.05) is 30.7 Å². The highest BCUT2D eigenvalue weighted by Gasteiger charge is 2.39. The molecule has 34 heavy (non-hydrogen) atoms. The monoisotopic (exact) mass is 451 g/mol. The van der Waals surface area contributed by atoms with E-state index in [1.54, 1.807) is 0 Å². The van der Waals surface area contributed by atoms with Crippen molar-refractivity contribution in [1.82, 2.24) is 14.5 Å². The molecule has 1 aromatic heterocycles. The zero-order chi connectivity index (χ0) is 23.4. The number of carbonyl (C=O) groups is 1. The minimum Gasteiger partial charge on any atom is -0.481 e. The molecule has 0 amide bonds. The molecule has 1 N–H and O–H groups in total. The second kappa shape index (κ2) is 9.65. The summed E-state index contributed by atoms with van der Waals surface area (Å²) in [5.74, 6) is -0.953. The largest absolute Gasteiger partial charge is 0.481 e. The van der Waals surface area contributed by atoms with E-state index < -0.39 is 11.5 Å². The lowest BCUT2D eigenvalue weighted by Gasteiger charge is -2.38. The van der Waals surface area contributed by atoms with Crippen LogP contribution in [-0.2, 0) is 16.8 Å². The summed E-state index contributed by atoms with van der Waals surface area (Å²) in [6, 6.07) is 31.8. The smallest absolute Gasteiger partial charge is 0.307 e. The molecular formula is C29H29N3O2. The highest BCUT2D eigenvalue weighted by Crippen LogP contribution is 2.41.